The van der Waals surface area contributed by atoms with Crippen LogP contribution in [0, 0.1) is 0 Å². The van der Waals surface area contributed by atoms with E-state index < -0.39 is 23.8 Å². The summed E-state index contributed by atoms with van der Waals surface area (Å²) in [4.78, 5) is 24.7. The average molecular weight is 230 g/mol. The number of alkyl carbamates (subject to hydrolysis) is 1. The van der Waals surface area contributed by atoms with Gasteiger partial charge in [0.1, 0.15) is 5.60 Å². The lowest BCUT2D eigenvalue weighted by atomic mass is 10.2. The number of hydrogen-bond acceptors (Lipinski definition) is 5. The predicted molar refractivity (Wildman–Crippen MR) is 54.3 cm³/mol. The van der Waals surface area contributed by atoms with Gasteiger partial charge >= 0.3 is 12.1 Å². The second-order valence-electron chi connectivity index (χ2n) is 3.78. The van der Waals surface area contributed by atoms with E-state index in [9.17, 15) is 9.59 Å². The van der Waals surface area contributed by atoms with Crippen molar-refractivity contribution in [2.45, 2.75) is 32.5 Å². The van der Waals surface area contributed by atoms with Gasteiger partial charge in [0, 0.05) is 4.91 Å². The first-order valence-electron chi connectivity index (χ1n) is 4.41. The average Bonchev–Trinajstić information content (AvgIpc) is 2.13. The van der Waals surface area contributed by atoms with Crippen LogP contribution in [0.1, 0.15) is 20.8 Å². The van der Waals surface area contributed by atoms with Gasteiger partial charge in [-0.25, -0.2) is 9.59 Å². The lowest BCUT2D eigenvalue weighted by Gasteiger charge is -2.20. The molecule has 0 aromatic carbocycles. The fourth-order valence-electron chi connectivity index (χ4n) is 0.717. The summed E-state index contributed by atoms with van der Waals surface area (Å²) in [6.45, 7) is 4.98. The summed E-state index contributed by atoms with van der Waals surface area (Å²) in [7, 11) is 1.11. The number of nitrogens with one attached hydrogen (secondary N) is 1. The van der Waals surface area contributed by atoms with Crippen LogP contribution >= 0.6 is 0 Å². The van der Waals surface area contributed by atoms with E-state index in [0.29, 0.717) is 0 Å². The van der Waals surface area contributed by atoms with Gasteiger partial charge in [-0.2, -0.15) is 0 Å². The molecule has 90 valence electrons. The highest BCUT2D eigenvalue weighted by molar-refractivity contribution is 5.81. The first-order valence-corrected chi connectivity index (χ1v) is 4.41. The smallest absolute Gasteiger partial charge is 0.408 e. The highest BCUT2D eigenvalue weighted by Crippen LogP contribution is 2.07. The zero-order chi connectivity index (χ0) is 12.8. The molecule has 0 aliphatic heterocycles. The van der Waals surface area contributed by atoms with Crippen molar-refractivity contribution in [3.8, 4) is 0 Å². The maximum atomic E-state index is 11.2. The molecular formula is C8H14N4O4. The van der Waals surface area contributed by atoms with E-state index in [0.717, 1.165) is 7.11 Å². The second-order valence-corrected chi connectivity index (χ2v) is 3.78. The maximum absolute atomic E-state index is 11.2. The van der Waals surface area contributed by atoms with E-state index in [2.05, 4.69) is 20.1 Å². The van der Waals surface area contributed by atoms with Crippen molar-refractivity contribution in [2.75, 3.05) is 7.11 Å². The molecule has 1 N–H and O–H groups in total. The third kappa shape index (κ3) is 5.71. The monoisotopic (exact) mass is 230 g/mol. The van der Waals surface area contributed by atoms with Crippen molar-refractivity contribution >= 4 is 12.1 Å². The van der Waals surface area contributed by atoms with Crippen molar-refractivity contribution in [1.29, 1.82) is 0 Å². The van der Waals surface area contributed by atoms with Crippen molar-refractivity contribution in [3.63, 3.8) is 0 Å². The van der Waals surface area contributed by atoms with Crippen LogP contribution in [0.3, 0.4) is 0 Å². The van der Waals surface area contributed by atoms with Crippen LogP contribution in [-0.2, 0) is 14.3 Å². The Morgan fingerprint density at radius 1 is 1.44 bits per heavy atom. The maximum Gasteiger partial charge on any atom is 0.408 e. The molecular weight excluding hydrogens is 216 g/mol. The lowest BCUT2D eigenvalue weighted by Crippen LogP contribution is -2.42. The van der Waals surface area contributed by atoms with Gasteiger partial charge in [-0.3, -0.25) is 0 Å². The molecule has 0 rings (SSSR count). The molecule has 0 unspecified atom stereocenters. The first kappa shape index (κ1) is 14.1. The molecule has 0 aliphatic carbocycles. The zero-order valence-electron chi connectivity index (χ0n) is 9.55. The number of carbonyl (C=O) groups is 2. The minimum atomic E-state index is -1.43. The fourth-order valence-corrected chi connectivity index (χ4v) is 0.717. The molecule has 0 radical (unpaired) electrons. The van der Waals surface area contributed by atoms with Crippen molar-refractivity contribution in [3.05, 3.63) is 10.4 Å². The number of ether oxygens (including phenoxy) is 2. The summed E-state index contributed by atoms with van der Waals surface area (Å²) < 4.78 is 9.19. The Morgan fingerprint density at radius 2 is 2.00 bits per heavy atom. The van der Waals surface area contributed by atoms with Crippen LogP contribution in [-0.4, -0.2) is 30.9 Å². The largest absolute Gasteiger partial charge is 0.467 e. The summed E-state index contributed by atoms with van der Waals surface area (Å²) in [5, 5.41) is 5.13. The van der Waals surface area contributed by atoms with Crippen LogP contribution in [0.2, 0.25) is 0 Å². The summed E-state index contributed by atoms with van der Waals surface area (Å²) >= 11 is 0. The van der Waals surface area contributed by atoms with Gasteiger partial charge < -0.3 is 14.8 Å². The van der Waals surface area contributed by atoms with Gasteiger partial charge in [-0.15, -0.1) is 0 Å². The molecule has 0 bridgehead atoms. The number of hydrogen-bond donors (Lipinski definition) is 1. The standard InChI is InChI=1S/C8H14N4O4/c1-8(2,3)16-7(14)10-5(11-12-9)6(13)15-4/h5H,1-4H3,(H,10,14)/t5-/m1/s1. The summed E-state index contributed by atoms with van der Waals surface area (Å²) in [5.41, 5.74) is 7.48. The van der Waals surface area contributed by atoms with Crippen molar-refractivity contribution < 1.29 is 19.1 Å². The molecule has 0 aromatic rings. The lowest BCUT2D eigenvalue weighted by molar-refractivity contribution is -0.142. The van der Waals surface area contributed by atoms with Gasteiger partial charge in [0.05, 0.1) is 7.11 Å². The van der Waals surface area contributed by atoms with Crippen LogP contribution in [0.25, 0.3) is 10.4 Å². The highest BCUT2D eigenvalue weighted by atomic mass is 16.6. The van der Waals surface area contributed by atoms with Gasteiger partial charge in [-0.1, -0.05) is 5.11 Å². The number of carbonyl (C=O) groups excluding carboxylic acids is 2. The van der Waals surface area contributed by atoms with Crippen molar-refractivity contribution in [1.82, 2.24) is 5.32 Å². The molecule has 0 spiro atoms. The molecule has 8 heteroatoms. The number of azide groups is 1. The van der Waals surface area contributed by atoms with E-state index in [1.165, 1.54) is 0 Å². The molecule has 1 amide bonds. The molecule has 0 saturated heterocycles. The molecule has 16 heavy (non-hydrogen) atoms. The molecule has 0 fully saturated rings. The Bertz CT molecular complexity index is 316. The normalized spacial score (nSPS) is 12.0. The van der Waals surface area contributed by atoms with Crippen LogP contribution < -0.4 is 5.32 Å². The molecule has 0 saturated carbocycles. The molecule has 1 atom stereocenters. The second kappa shape index (κ2) is 5.82. The van der Waals surface area contributed by atoms with E-state index in [-0.39, 0.29) is 0 Å². The van der Waals surface area contributed by atoms with Crippen LogP contribution in [0.4, 0.5) is 4.79 Å². The molecule has 0 aliphatic rings. The first-order chi connectivity index (χ1) is 7.30. The topological polar surface area (TPSA) is 113 Å². The Hall–Kier alpha value is -1.95. The number of methoxy groups -OCH3 is 1. The van der Waals surface area contributed by atoms with E-state index in [1.54, 1.807) is 20.8 Å². The van der Waals surface area contributed by atoms with E-state index >= 15 is 0 Å². The van der Waals surface area contributed by atoms with Gasteiger partial charge in [0.25, 0.3) is 0 Å². The van der Waals surface area contributed by atoms with Gasteiger partial charge in [0.2, 0.25) is 6.17 Å². The summed E-state index contributed by atoms with van der Waals surface area (Å²) in [6, 6.07) is 0. The highest BCUT2D eigenvalue weighted by Gasteiger charge is 2.23. The third-order valence-corrected chi connectivity index (χ3v) is 1.25. The Labute approximate surface area is 92.5 Å². The number of esters is 1. The number of amides is 1. The minimum Gasteiger partial charge on any atom is -0.467 e. The Kier molecular flexibility index (Phi) is 5.11. The van der Waals surface area contributed by atoms with Crippen LogP contribution in [0.5, 0.6) is 0 Å². The third-order valence-electron chi connectivity index (χ3n) is 1.25. The number of nitrogens with zero attached hydrogens (tertiary/aromatic N) is 3. The molecule has 0 aromatic heterocycles. The minimum absolute atomic E-state index is 0.707. The molecule has 8 nitrogen and oxygen atoms in total. The number of rotatable bonds is 3. The van der Waals surface area contributed by atoms with Gasteiger partial charge in [0.15, 0.2) is 0 Å². The Morgan fingerprint density at radius 3 is 2.38 bits per heavy atom. The van der Waals surface area contributed by atoms with E-state index in [1.807, 2.05) is 0 Å². The zero-order valence-corrected chi connectivity index (χ0v) is 9.55. The summed E-state index contributed by atoms with van der Waals surface area (Å²) in [5.74, 6) is -0.872. The van der Waals surface area contributed by atoms with Crippen molar-refractivity contribution in [2.24, 2.45) is 5.11 Å². The molecule has 0 heterocycles. The predicted octanol–water partition coefficient (Wildman–Crippen LogP) is 1.32. The summed E-state index contributed by atoms with van der Waals surface area (Å²) in [6.07, 6.45) is -2.29. The van der Waals surface area contributed by atoms with E-state index in [4.69, 9.17) is 10.3 Å². The quantitative estimate of drug-likeness (QED) is 0.341. The van der Waals surface area contributed by atoms with Gasteiger partial charge in [-0.05, 0) is 26.3 Å². The Balaban J connectivity index is 4.47. The van der Waals surface area contributed by atoms with Crippen LogP contribution in [0.15, 0.2) is 5.11 Å². The fraction of sp³-hybridized carbons (Fsp3) is 0.750. The SMILES string of the molecule is COC(=O)[C@@H](N=[N+]=[N-])NC(=O)OC(C)(C)C.